The van der Waals surface area contributed by atoms with Crippen LogP contribution in [-0.2, 0) is 5.41 Å². The number of rotatable bonds is 3. The number of nitrogens with zero attached hydrogens (tertiary/aromatic N) is 1. The van der Waals surface area contributed by atoms with Crippen LogP contribution in [-0.4, -0.2) is 26.6 Å². The van der Waals surface area contributed by atoms with E-state index in [0.29, 0.717) is 16.6 Å². The van der Waals surface area contributed by atoms with E-state index in [1.54, 1.807) is 7.05 Å². The number of guanidine groups is 1. The first-order valence-corrected chi connectivity index (χ1v) is 6.51. The maximum Gasteiger partial charge on any atom is 0.190 e. The Balaban J connectivity index is 2.93. The van der Waals surface area contributed by atoms with Gasteiger partial charge in [-0.25, -0.2) is 0 Å². The highest BCUT2D eigenvalue weighted by molar-refractivity contribution is 6.36. The molecule has 0 heterocycles. The predicted octanol–water partition coefficient (Wildman–Crippen LogP) is 3.07. The van der Waals surface area contributed by atoms with Crippen molar-refractivity contribution in [1.82, 2.24) is 10.6 Å². The number of halogens is 2. The third-order valence-corrected chi connectivity index (χ3v) is 3.43. The highest BCUT2D eigenvalue weighted by Gasteiger charge is 2.26. The van der Waals surface area contributed by atoms with Crippen LogP contribution in [0, 0.1) is 0 Å². The maximum absolute atomic E-state index is 6.24. The van der Waals surface area contributed by atoms with Crippen molar-refractivity contribution in [3.63, 3.8) is 0 Å². The van der Waals surface area contributed by atoms with Crippen molar-refractivity contribution in [1.29, 1.82) is 0 Å². The smallest absolute Gasteiger partial charge is 0.190 e. The Morgan fingerprint density at radius 1 is 1.28 bits per heavy atom. The van der Waals surface area contributed by atoms with Crippen LogP contribution in [0.4, 0.5) is 0 Å². The summed E-state index contributed by atoms with van der Waals surface area (Å²) in [5, 5.41) is 7.59. The molecule has 1 aromatic carbocycles. The molecular formula is C13H19Cl2N3. The molecule has 0 atom stereocenters. The van der Waals surface area contributed by atoms with Gasteiger partial charge in [0, 0.05) is 36.1 Å². The van der Waals surface area contributed by atoms with E-state index in [1.165, 1.54) is 0 Å². The quantitative estimate of drug-likeness (QED) is 0.662. The minimum absolute atomic E-state index is 0.192. The molecule has 0 aliphatic rings. The fraction of sp³-hybridized carbons (Fsp3) is 0.462. The van der Waals surface area contributed by atoms with Gasteiger partial charge in [-0.05, 0) is 17.7 Å². The van der Waals surface area contributed by atoms with E-state index in [1.807, 2.05) is 25.2 Å². The molecule has 1 rings (SSSR count). The predicted molar refractivity (Wildman–Crippen MR) is 79.9 cm³/mol. The van der Waals surface area contributed by atoms with Crippen molar-refractivity contribution < 1.29 is 0 Å². The van der Waals surface area contributed by atoms with E-state index in [-0.39, 0.29) is 5.41 Å². The molecule has 1 aromatic rings. The van der Waals surface area contributed by atoms with Crippen molar-refractivity contribution in [2.45, 2.75) is 19.3 Å². The molecule has 0 aliphatic heterocycles. The van der Waals surface area contributed by atoms with Crippen LogP contribution >= 0.6 is 23.2 Å². The molecule has 0 unspecified atom stereocenters. The van der Waals surface area contributed by atoms with Crippen LogP contribution in [0.25, 0.3) is 0 Å². The molecule has 0 radical (unpaired) electrons. The summed E-state index contributed by atoms with van der Waals surface area (Å²) in [7, 11) is 3.55. The normalized spacial score (nSPS) is 12.4. The largest absolute Gasteiger partial charge is 0.359 e. The first-order chi connectivity index (χ1) is 8.42. The maximum atomic E-state index is 6.24. The van der Waals surface area contributed by atoms with E-state index in [0.717, 1.165) is 11.5 Å². The average Bonchev–Trinajstić information content (AvgIpc) is 2.29. The number of benzene rings is 1. The van der Waals surface area contributed by atoms with Gasteiger partial charge in [0.1, 0.15) is 0 Å². The number of nitrogens with one attached hydrogen (secondary N) is 2. The Labute approximate surface area is 119 Å². The molecular weight excluding hydrogens is 269 g/mol. The van der Waals surface area contributed by atoms with Gasteiger partial charge in [-0.15, -0.1) is 0 Å². The van der Waals surface area contributed by atoms with Gasteiger partial charge in [0.25, 0.3) is 0 Å². The second-order valence-corrected chi connectivity index (χ2v) is 5.47. The van der Waals surface area contributed by atoms with Gasteiger partial charge in [0.15, 0.2) is 5.96 Å². The second kappa shape index (κ2) is 6.30. The van der Waals surface area contributed by atoms with Crippen LogP contribution < -0.4 is 10.6 Å². The number of hydrogen-bond donors (Lipinski definition) is 2. The monoisotopic (exact) mass is 287 g/mol. The molecule has 0 aromatic heterocycles. The van der Waals surface area contributed by atoms with Crippen molar-refractivity contribution in [2.75, 3.05) is 20.6 Å². The molecule has 0 bridgehead atoms. The third kappa shape index (κ3) is 3.53. The highest BCUT2D eigenvalue weighted by atomic mass is 35.5. The summed E-state index contributed by atoms with van der Waals surface area (Å²) in [4.78, 5) is 4.08. The Morgan fingerprint density at radius 3 is 2.28 bits per heavy atom. The lowest BCUT2D eigenvalue weighted by molar-refractivity contribution is 0.510. The van der Waals surface area contributed by atoms with E-state index >= 15 is 0 Å². The fourth-order valence-electron chi connectivity index (χ4n) is 1.82. The van der Waals surface area contributed by atoms with Crippen molar-refractivity contribution in [3.05, 3.63) is 33.8 Å². The summed E-state index contributed by atoms with van der Waals surface area (Å²) in [5.41, 5.74) is 0.759. The minimum atomic E-state index is -0.192. The molecule has 0 spiro atoms. The molecule has 0 aliphatic carbocycles. The topological polar surface area (TPSA) is 36.4 Å². The molecule has 0 amide bonds. The Bertz CT molecular complexity index is 422. The Morgan fingerprint density at radius 2 is 1.83 bits per heavy atom. The molecule has 0 saturated heterocycles. The van der Waals surface area contributed by atoms with Crippen LogP contribution in [0.1, 0.15) is 19.4 Å². The molecule has 0 fully saturated rings. The van der Waals surface area contributed by atoms with Gasteiger partial charge < -0.3 is 10.6 Å². The summed E-state index contributed by atoms with van der Waals surface area (Å²) < 4.78 is 0. The van der Waals surface area contributed by atoms with E-state index < -0.39 is 0 Å². The minimum Gasteiger partial charge on any atom is -0.359 e. The molecule has 3 nitrogen and oxygen atoms in total. The number of hydrogen-bond acceptors (Lipinski definition) is 1. The SMILES string of the molecule is CN=C(NC)NCC(C)(C)c1c(Cl)cccc1Cl. The zero-order chi connectivity index (χ0) is 13.8. The van der Waals surface area contributed by atoms with Crippen molar-refractivity contribution >= 4 is 29.2 Å². The Kier molecular flexibility index (Phi) is 5.29. The first-order valence-electron chi connectivity index (χ1n) is 5.75. The van der Waals surface area contributed by atoms with Crippen LogP contribution in [0.3, 0.4) is 0 Å². The van der Waals surface area contributed by atoms with Gasteiger partial charge in [-0.2, -0.15) is 0 Å². The lowest BCUT2D eigenvalue weighted by Crippen LogP contribution is -2.42. The molecule has 0 saturated carbocycles. The van der Waals surface area contributed by atoms with E-state index in [4.69, 9.17) is 23.2 Å². The van der Waals surface area contributed by atoms with Gasteiger partial charge in [-0.1, -0.05) is 43.1 Å². The lowest BCUT2D eigenvalue weighted by Gasteiger charge is -2.28. The summed E-state index contributed by atoms with van der Waals surface area (Å²) in [6.45, 7) is 4.87. The fourth-order valence-corrected chi connectivity index (χ4v) is 2.73. The van der Waals surface area contributed by atoms with E-state index in [9.17, 15) is 0 Å². The molecule has 18 heavy (non-hydrogen) atoms. The Hall–Kier alpha value is -0.930. The summed E-state index contributed by atoms with van der Waals surface area (Å²) >= 11 is 12.5. The zero-order valence-electron chi connectivity index (χ0n) is 11.1. The van der Waals surface area contributed by atoms with Gasteiger partial charge >= 0.3 is 0 Å². The summed E-state index contributed by atoms with van der Waals surface area (Å²) in [5.74, 6) is 0.742. The second-order valence-electron chi connectivity index (χ2n) is 4.66. The average molecular weight is 288 g/mol. The third-order valence-electron chi connectivity index (χ3n) is 2.80. The number of aliphatic imine (C=N–C) groups is 1. The van der Waals surface area contributed by atoms with Crippen molar-refractivity contribution in [2.24, 2.45) is 4.99 Å². The van der Waals surface area contributed by atoms with E-state index in [2.05, 4.69) is 29.5 Å². The molecule has 5 heteroatoms. The summed E-state index contributed by atoms with van der Waals surface area (Å²) in [6.07, 6.45) is 0. The summed E-state index contributed by atoms with van der Waals surface area (Å²) in [6, 6.07) is 5.57. The van der Waals surface area contributed by atoms with Crippen LogP contribution in [0.15, 0.2) is 23.2 Å². The van der Waals surface area contributed by atoms with Crippen LogP contribution in [0.2, 0.25) is 10.0 Å². The van der Waals surface area contributed by atoms with Gasteiger partial charge in [0.05, 0.1) is 0 Å². The first kappa shape index (κ1) is 15.1. The van der Waals surface area contributed by atoms with Gasteiger partial charge in [-0.3, -0.25) is 4.99 Å². The van der Waals surface area contributed by atoms with Crippen molar-refractivity contribution in [3.8, 4) is 0 Å². The standard InChI is InChI=1S/C13H19Cl2N3/c1-13(2,8-18-12(16-3)17-4)11-9(14)6-5-7-10(11)15/h5-7H,8H2,1-4H3,(H2,16,17,18). The molecule has 2 N–H and O–H groups in total. The molecule has 100 valence electrons. The lowest BCUT2D eigenvalue weighted by atomic mass is 9.84. The van der Waals surface area contributed by atoms with Gasteiger partial charge in [0.2, 0.25) is 0 Å². The highest BCUT2D eigenvalue weighted by Crippen LogP contribution is 2.35. The zero-order valence-corrected chi connectivity index (χ0v) is 12.7. The van der Waals surface area contributed by atoms with Crippen LogP contribution in [0.5, 0.6) is 0 Å².